The molecule has 0 atom stereocenters. The first kappa shape index (κ1) is 21.0. The molecule has 0 unspecified atom stereocenters. The molecule has 0 bridgehead atoms. The maximum absolute atomic E-state index is 12.1. The van der Waals surface area contributed by atoms with Crippen molar-refractivity contribution >= 4 is 67.6 Å². The molecule has 0 radical (unpaired) electrons. The number of hydrogen-bond donors (Lipinski definition) is 3. The number of aromatic nitrogens is 1. The molecule has 3 rings (SSSR count). The molecule has 29 heavy (non-hydrogen) atoms. The van der Waals surface area contributed by atoms with Gasteiger partial charge in [-0.15, -0.1) is 0 Å². The predicted octanol–water partition coefficient (Wildman–Crippen LogP) is 3.40. The third-order valence-corrected chi connectivity index (χ3v) is 5.38. The van der Waals surface area contributed by atoms with Crippen LogP contribution in [0.3, 0.4) is 0 Å². The molecule has 0 aliphatic rings. The number of rotatable bonds is 6. The van der Waals surface area contributed by atoms with Crippen LogP contribution >= 0.6 is 34.5 Å². The number of carbonyl (C=O) groups is 3. The van der Waals surface area contributed by atoms with Crippen LogP contribution in [0.15, 0.2) is 36.4 Å². The predicted molar refractivity (Wildman–Crippen MR) is 115 cm³/mol. The summed E-state index contributed by atoms with van der Waals surface area (Å²) in [6, 6.07) is 10.2. The smallest absolute Gasteiger partial charge is 0.253 e. The number of nitrogens with zero attached hydrogens (tertiary/aromatic N) is 1. The van der Waals surface area contributed by atoms with Gasteiger partial charge in [-0.3, -0.25) is 14.4 Å². The average molecular weight is 451 g/mol. The van der Waals surface area contributed by atoms with Crippen molar-refractivity contribution in [2.75, 3.05) is 18.4 Å². The van der Waals surface area contributed by atoms with Crippen LogP contribution in [-0.2, 0) is 9.59 Å². The number of fused-ring (bicyclic) bond motifs is 1. The maximum atomic E-state index is 12.1. The number of amides is 3. The van der Waals surface area contributed by atoms with Crippen LogP contribution in [0, 0.1) is 6.92 Å². The van der Waals surface area contributed by atoms with Crippen LogP contribution in [-0.4, -0.2) is 35.8 Å². The number of aryl methyl sites for hydroxylation is 1. The highest BCUT2D eigenvalue weighted by atomic mass is 35.5. The van der Waals surface area contributed by atoms with Gasteiger partial charge in [-0.1, -0.05) is 46.7 Å². The minimum absolute atomic E-state index is 0.181. The molecule has 150 valence electrons. The highest BCUT2D eigenvalue weighted by molar-refractivity contribution is 7.22. The Kier molecular flexibility index (Phi) is 6.68. The van der Waals surface area contributed by atoms with Crippen molar-refractivity contribution in [2.24, 2.45) is 0 Å². The van der Waals surface area contributed by atoms with Crippen LogP contribution in [0.1, 0.15) is 15.9 Å². The molecule has 10 heteroatoms. The topological polar surface area (TPSA) is 100 Å². The van der Waals surface area contributed by atoms with Gasteiger partial charge in [-0.2, -0.15) is 0 Å². The number of anilines is 1. The molecule has 0 saturated heterocycles. The van der Waals surface area contributed by atoms with Crippen LogP contribution < -0.4 is 16.0 Å². The monoisotopic (exact) mass is 450 g/mol. The molecule has 0 fully saturated rings. The van der Waals surface area contributed by atoms with E-state index in [1.54, 1.807) is 0 Å². The lowest BCUT2D eigenvalue weighted by molar-refractivity contribution is -0.123. The first-order valence-corrected chi connectivity index (χ1v) is 10.1. The average Bonchev–Trinajstić information content (AvgIpc) is 3.08. The van der Waals surface area contributed by atoms with E-state index in [9.17, 15) is 14.4 Å². The molecule has 3 aromatic rings. The molecule has 1 aromatic heterocycles. The number of para-hydroxylation sites is 1. The fraction of sp³-hybridized carbons (Fsp3) is 0.158. The van der Waals surface area contributed by atoms with Crippen molar-refractivity contribution in [3.63, 3.8) is 0 Å². The normalized spacial score (nSPS) is 10.6. The molecule has 0 aliphatic carbocycles. The second-order valence-electron chi connectivity index (χ2n) is 6.07. The van der Waals surface area contributed by atoms with E-state index in [0.29, 0.717) is 10.2 Å². The SMILES string of the molecule is Cc1cccc2sc(NC(=O)CNC(=O)CNC(=O)c3ccc(Cl)cc3Cl)nc12. The number of benzene rings is 2. The Labute approximate surface area is 180 Å². The lowest BCUT2D eigenvalue weighted by Crippen LogP contribution is -2.40. The van der Waals surface area contributed by atoms with E-state index in [0.717, 1.165) is 15.8 Å². The van der Waals surface area contributed by atoms with Gasteiger partial charge in [-0.05, 0) is 36.8 Å². The van der Waals surface area contributed by atoms with Gasteiger partial charge in [-0.25, -0.2) is 4.98 Å². The van der Waals surface area contributed by atoms with E-state index in [1.807, 2.05) is 25.1 Å². The Morgan fingerprint density at radius 1 is 1.03 bits per heavy atom. The Morgan fingerprint density at radius 2 is 1.79 bits per heavy atom. The molecule has 0 saturated carbocycles. The van der Waals surface area contributed by atoms with Crippen molar-refractivity contribution in [1.82, 2.24) is 15.6 Å². The number of halogens is 2. The fourth-order valence-electron chi connectivity index (χ4n) is 2.47. The highest BCUT2D eigenvalue weighted by Gasteiger charge is 2.13. The summed E-state index contributed by atoms with van der Waals surface area (Å²) in [5, 5.41) is 8.57. The van der Waals surface area contributed by atoms with E-state index >= 15 is 0 Å². The van der Waals surface area contributed by atoms with Gasteiger partial charge >= 0.3 is 0 Å². The van der Waals surface area contributed by atoms with Gasteiger partial charge in [0.05, 0.1) is 33.9 Å². The summed E-state index contributed by atoms with van der Waals surface area (Å²) in [5.41, 5.74) is 2.05. The third-order valence-electron chi connectivity index (χ3n) is 3.90. The van der Waals surface area contributed by atoms with Gasteiger partial charge in [0.1, 0.15) is 0 Å². The Bertz CT molecular complexity index is 1100. The highest BCUT2D eigenvalue weighted by Crippen LogP contribution is 2.27. The lowest BCUT2D eigenvalue weighted by Gasteiger charge is -2.08. The van der Waals surface area contributed by atoms with Crippen molar-refractivity contribution in [2.45, 2.75) is 6.92 Å². The molecule has 3 N–H and O–H groups in total. The Hall–Kier alpha value is -2.68. The number of nitrogens with one attached hydrogen (secondary N) is 3. The summed E-state index contributed by atoms with van der Waals surface area (Å²) >= 11 is 13.1. The molecule has 0 spiro atoms. The molecular weight excluding hydrogens is 435 g/mol. The van der Waals surface area contributed by atoms with Crippen molar-refractivity contribution in [3.05, 3.63) is 57.6 Å². The van der Waals surface area contributed by atoms with Crippen LogP contribution in [0.2, 0.25) is 10.0 Å². The molecule has 0 aliphatic heterocycles. The number of carbonyl (C=O) groups excluding carboxylic acids is 3. The van der Waals surface area contributed by atoms with Crippen molar-refractivity contribution < 1.29 is 14.4 Å². The van der Waals surface area contributed by atoms with E-state index in [2.05, 4.69) is 20.9 Å². The molecule has 3 amide bonds. The fourth-order valence-corrected chi connectivity index (χ4v) is 3.93. The minimum Gasteiger partial charge on any atom is -0.345 e. The second kappa shape index (κ2) is 9.21. The largest absolute Gasteiger partial charge is 0.345 e. The van der Waals surface area contributed by atoms with Gasteiger partial charge < -0.3 is 16.0 Å². The second-order valence-corrected chi connectivity index (χ2v) is 7.95. The quantitative estimate of drug-likeness (QED) is 0.535. The summed E-state index contributed by atoms with van der Waals surface area (Å²) < 4.78 is 0.966. The zero-order chi connectivity index (χ0) is 21.0. The minimum atomic E-state index is -0.517. The van der Waals surface area contributed by atoms with E-state index in [-0.39, 0.29) is 23.7 Å². The summed E-state index contributed by atoms with van der Waals surface area (Å²) in [6.07, 6.45) is 0. The zero-order valence-corrected chi connectivity index (χ0v) is 17.5. The maximum Gasteiger partial charge on any atom is 0.253 e. The first-order chi connectivity index (χ1) is 13.8. The van der Waals surface area contributed by atoms with Crippen molar-refractivity contribution in [1.29, 1.82) is 0 Å². The summed E-state index contributed by atoms with van der Waals surface area (Å²) in [5.74, 6) is -1.45. The van der Waals surface area contributed by atoms with E-state index in [1.165, 1.54) is 29.5 Å². The molecular formula is C19H16Cl2N4O3S. The number of thiazole rings is 1. The van der Waals surface area contributed by atoms with Gasteiger partial charge in [0, 0.05) is 5.02 Å². The Morgan fingerprint density at radius 3 is 2.52 bits per heavy atom. The summed E-state index contributed by atoms with van der Waals surface area (Å²) in [7, 11) is 0. The van der Waals surface area contributed by atoms with Crippen LogP contribution in [0.5, 0.6) is 0 Å². The van der Waals surface area contributed by atoms with Crippen molar-refractivity contribution in [3.8, 4) is 0 Å². The summed E-state index contributed by atoms with van der Waals surface area (Å²) in [4.78, 5) is 40.4. The molecule has 1 heterocycles. The van der Waals surface area contributed by atoms with Gasteiger partial charge in [0.15, 0.2) is 5.13 Å². The van der Waals surface area contributed by atoms with Crippen LogP contribution in [0.4, 0.5) is 5.13 Å². The first-order valence-electron chi connectivity index (χ1n) is 8.49. The molecule has 2 aromatic carbocycles. The lowest BCUT2D eigenvalue weighted by atomic mass is 10.2. The zero-order valence-electron chi connectivity index (χ0n) is 15.2. The standard InChI is InChI=1S/C19H16Cl2N4O3S/c1-10-3-2-4-14-17(10)25-19(29-14)24-16(27)9-22-15(26)8-23-18(28)12-6-5-11(20)7-13(12)21/h2-7H,8-9H2,1H3,(H,22,26)(H,23,28)(H,24,25,27). The van der Waals surface area contributed by atoms with Gasteiger partial charge in [0.25, 0.3) is 5.91 Å². The number of hydrogen-bond acceptors (Lipinski definition) is 5. The van der Waals surface area contributed by atoms with Crippen LogP contribution in [0.25, 0.3) is 10.2 Å². The Balaban J connectivity index is 1.46. The van der Waals surface area contributed by atoms with Gasteiger partial charge in [0.2, 0.25) is 11.8 Å². The summed E-state index contributed by atoms with van der Waals surface area (Å²) in [6.45, 7) is 1.40. The van der Waals surface area contributed by atoms with E-state index < -0.39 is 17.7 Å². The molecule has 7 nitrogen and oxygen atoms in total. The third kappa shape index (κ3) is 5.44. The van der Waals surface area contributed by atoms with E-state index in [4.69, 9.17) is 23.2 Å².